The smallest absolute Gasteiger partial charge is 0.342 e. The van der Waals surface area contributed by atoms with Gasteiger partial charge in [-0.2, -0.15) is 5.10 Å². The maximum absolute atomic E-state index is 10.8. The number of guanidine groups is 1. The summed E-state index contributed by atoms with van der Waals surface area (Å²) >= 11 is 0. The van der Waals surface area contributed by atoms with Gasteiger partial charge in [0, 0.05) is 0 Å². The number of nitrogens with zero attached hydrogens (tertiary/aromatic N) is 3. The van der Waals surface area contributed by atoms with Gasteiger partial charge in [0.2, 0.25) is 5.96 Å². The van der Waals surface area contributed by atoms with Crippen molar-refractivity contribution in [3.8, 4) is 0 Å². The van der Waals surface area contributed by atoms with E-state index in [0.717, 1.165) is 12.3 Å². The number of nitrogens with two attached hydrogens (primary N) is 2. The van der Waals surface area contributed by atoms with Crippen LogP contribution >= 0.6 is 0 Å². The van der Waals surface area contributed by atoms with Crippen molar-refractivity contribution < 1.29 is 14.8 Å². The van der Waals surface area contributed by atoms with E-state index >= 15 is 0 Å². The van der Waals surface area contributed by atoms with Crippen molar-refractivity contribution in [3.05, 3.63) is 39.4 Å². The second-order valence-corrected chi connectivity index (χ2v) is 3.08. The lowest BCUT2D eigenvalue weighted by Crippen LogP contribution is -2.21. The summed E-state index contributed by atoms with van der Waals surface area (Å²) in [4.78, 5) is 20.9. The molecule has 0 aliphatic rings. The monoisotopic (exact) mass is 251 g/mol. The molecule has 1 rings (SSSR count). The predicted octanol–water partition coefficient (Wildman–Crippen LogP) is -0.0997. The summed E-state index contributed by atoms with van der Waals surface area (Å²) in [5.74, 6) is -1.72. The molecule has 0 aromatic heterocycles. The fourth-order valence-electron chi connectivity index (χ4n) is 1.20. The number of hydrogen-bond acceptors (Lipinski definition) is 5. The molecule has 0 aliphatic carbocycles. The van der Waals surface area contributed by atoms with Crippen LogP contribution in [0.1, 0.15) is 15.9 Å². The van der Waals surface area contributed by atoms with Crippen LogP contribution in [0.25, 0.3) is 0 Å². The minimum Gasteiger partial charge on any atom is -0.477 e. The number of nitro groups is 1. The van der Waals surface area contributed by atoms with Gasteiger partial charge in [-0.05, 0) is 12.1 Å². The number of para-hydroxylation sites is 1. The third kappa shape index (κ3) is 3.01. The summed E-state index contributed by atoms with van der Waals surface area (Å²) < 4.78 is 0. The Morgan fingerprint density at radius 2 is 2.11 bits per heavy atom. The zero-order valence-corrected chi connectivity index (χ0v) is 8.98. The number of benzene rings is 1. The Bertz CT molecular complexity index is 548. The molecule has 18 heavy (non-hydrogen) atoms. The minimum atomic E-state index is -1.40. The summed E-state index contributed by atoms with van der Waals surface area (Å²) in [5.41, 5.74) is 9.02. The molecule has 0 saturated carbocycles. The molecule has 0 amide bonds. The first-order chi connectivity index (χ1) is 8.43. The standard InChI is InChI=1S/C9H9N5O4/c10-9(11)13-12-4-5-2-1-3-6(8(15)16)7(5)14(17)18/h1-4H,(H,15,16)(H4,10,11,13). The largest absolute Gasteiger partial charge is 0.477 e. The zero-order valence-electron chi connectivity index (χ0n) is 8.98. The zero-order chi connectivity index (χ0) is 13.7. The van der Waals surface area contributed by atoms with Crippen LogP contribution in [0.5, 0.6) is 0 Å². The number of hydrogen-bond donors (Lipinski definition) is 3. The molecule has 0 spiro atoms. The SMILES string of the molecule is NC(N)=NN=Cc1cccc(C(=O)O)c1[N+](=O)[O-]. The first-order valence-corrected chi connectivity index (χ1v) is 4.56. The molecule has 9 nitrogen and oxygen atoms in total. The lowest BCUT2D eigenvalue weighted by Gasteiger charge is -2.00. The van der Waals surface area contributed by atoms with Gasteiger partial charge in [0.15, 0.2) is 0 Å². The number of nitro benzene ring substituents is 1. The van der Waals surface area contributed by atoms with E-state index in [9.17, 15) is 14.9 Å². The van der Waals surface area contributed by atoms with Crippen LogP contribution in [0.2, 0.25) is 0 Å². The van der Waals surface area contributed by atoms with E-state index in [1.807, 2.05) is 0 Å². The van der Waals surface area contributed by atoms with Crippen molar-refractivity contribution in [3.63, 3.8) is 0 Å². The number of carboxylic acids is 1. The molecule has 5 N–H and O–H groups in total. The van der Waals surface area contributed by atoms with Gasteiger partial charge in [-0.1, -0.05) is 6.07 Å². The highest BCUT2D eigenvalue weighted by atomic mass is 16.6. The van der Waals surface area contributed by atoms with Crippen LogP contribution in [0.4, 0.5) is 5.69 Å². The van der Waals surface area contributed by atoms with E-state index in [1.165, 1.54) is 12.1 Å². The van der Waals surface area contributed by atoms with Gasteiger partial charge in [0.05, 0.1) is 16.7 Å². The highest BCUT2D eigenvalue weighted by Crippen LogP contribution is 2.22. The number of carbonyl (C=O) groups is 1. The summed E-state index contributed by atoms with van der Waals surface area (Å²) in [6.07, 6.45) is 1.00. The van der Waals surface area contributed by atoms with E-state index in [1.54, 1.807) is 0 Å². The molecule has 94 valence electrons. The Morgan fingerprint density at radius 1 is 1.44 bits per heavy atom. The van der Waals surface area contributed by atoms with Crippen molar-refractivity contribution in [2.24, 2.45) is 21.7 Å². The average molecular weight is 251 g/mol. The van der Waals surface area contributed by atoms with Crippen molar-refractivity contribution in [1.82, 2.24) is 0 Å². The Hall–Kier alpha value is -2.97. The van der Waals surface area contributed by atoms with Gasteiger partial charge in [-0.25, -0.2) is 4.79 Å². The topological polar surface area (TPSA) is 157 Å². The second kappa shape index (κ2) is 5.39. The number of carboxylic acid groups (broad SMARTS) is 1. The van der Waals surface area contributed by atoms with Gasteiger partial charge >= 0.3 is 5.97 Å². The molecular weight excluding hydrogens is 242 g/mol. The van der Waals surface area contributed by atoms with E-state index in [0.29, 0.717) is 0 Å². The normalized spacial score (nSPS) is 10.2. The van der Waals surface area contributed by atoms with Crippen LogP contribution < -0.4 is 11.5 Å². The Morgan fingerprint density at radius 3 is 2.61 bits per heavy atom. The summed E-state index contributed by atoms with van der Waals surface area (Å²) in [6.45, 7) is 0. The molecule has 9 heteroatoms. The molecule has 0 bridgehead atoms. The molecule has 1 aromatic carbocycles. The Labute approximate surface area is 101 Å². The van der Waals surface area contributed by atoms with Crippen LogP contribution in [0, 0.1) is 10.1 Å². The summed E-state index contributed by atoms with van der Waals surface area (Å²) in [6, 6.07) is 3.81. The molecule has 0 aliphatic heterocycles. The quantitative estimate of drug-likeness (QED) is 0.293. The van der Waals surface area contributed by atoms with E-state index in [4.69, 9.17) is 16.6 Å². The second-order valence-electron chi connectivity index (χ2n) is 3.08. The Balaban J connectivity index is 3.32. The van der Waals surface area contributed by atoms with Gasteiger partial charge < -0.3 is 16.6 Å². The van der Waals surface area contributed by atoms with Gasteiger partial charge in [0.25, 0.3) is 5.69 Å². The maximum Gasteiger partial charge on any atom is 0.342 e. The van der Waals surface area contributed by atoms with Crippen molar-refractivity contribution in [1.29, 1.82) is 0 Å². The van der Waals surface area contributed by atoms with E-state index < -0.39 is 22.1 Å². The van der Waals surface area contributed by atoms with Crippen LogP contribution in [-0.4, -0.2) is 28.2 Å². The molecule has 0 heterocycles. The first-order valence-electron chi connectivity index (χ1n) is 4.56. The lowest BCUT2D eigenvalue weighted by molar-refractivity contribution is -0.385. The van der Waals surface area contributed by atoms with E-state index in [-0.39, 0.29) is 11.5 Å². The molecule has 0 unspecified atom stereocenters. The maximum atomic E-state index is 10.8. The molecule has 0 atom stereocenters. The third-order valence-corrected chi connectivity index (χ3v) is 1.85. The number of rotatable bonds is 4. The van der Waals surface area contributed by atoms with E-state index in [2.05, 4.69) is 10.2 Å². The number of aromatic carboxylic acids is 1. The average Bonchev–Trinajstić information content (AvgIpc) is 2.27. The fourth-order valence-corrected chi connectivity index (χ4v) is 1.20. The van der Waals surface area contributed by atoms with Crippen LogP contribution in [0.15, 0.2) is 28.4 Å². The molecular formula is C9H9N5O4. The summed E-state index contributed by atoms with van der Waals surface area (Å²) in [7, 11) is 0. The predicted molar refractivity (Wildman–Crippen MR) is 63.5 cm³/mol. The molecule has 0 saturated heterocycles. The van der Waals surface area contributed by atoms with Crippen molar-refractivity contribution in [2.45, 2.75) is 0 Å². The van der Waals surface area contributed by atoms with Crippen molar-refractivity contribution in [2.75, 3.05) is 0 Å². The van der Waals surface area contributed by atoms with Gasteiger partial charge in [-0.15, -0.1) is 5.10 Å². The minimum absolute atomic E-state index is 0.00935. The Kier molecular flexibility index (Phi) is 3.92. The first kappa shape index (κ1) is 13.1. The van der Waals surface area contributed by atoms with Gasteiger partial charge in [-0.3, -0.25) is 10.1 Å². The molecule has 0 fully saturated rings. The summed E-state index contributed by atoms with van der Waals surface area (Å²) in [5, 5.41) is 26.3. The van der Waals surface area contributed by atoms with Crippen LogP contribution in [0.3, 0.4) is 0 Å². The highest BCUT2D eigenvalue weighted by Gasteiger charge is 2.22. The lowest BCUT2D eigenvalue weighted by atomic mass is 10.1. The highest BCUT2D eigenvalue weighted by molar-refractivity contribution is 5.98. The third-order valence-electron chi connectivity index (χ3n) is 1.85. The fraction of sp³-hybridized carbons (Fsp3) is 0. The molecule has 0 radical (unpaired) electrons. The molecule has 1 aromatic rings. The van der Waals surface area contributed by atoms with Crippen LogP contribution in [-0.2, 0) is 0 Å². The van der Waals surface area contributed by atoms with Crippen molar-refractivity contribution >= 4 is 23.8 Å². The van der Waals surface area contributed by atoms with Gasteiger partial charge in [0.1, 0.15) is 5.56 Å².